The molecule has 3 nitrogen and oxygen atoms in total. The highest BCUT2D eigenvalue weighted by Gasteiger charge is 2.07. The predicted molar refractivity (Wildman–Crippen MR) is 104 cm³/mol. The van der Waals surface area contributed by atoms with Crippen LogP contribution in [0.1, 0.15) is 96.8 Å². The summed E-state index contributed by atoms with van der Waals surface area (Å²) in [5.74, 6) is -0.00354. The van der Waals surface area contributed by atoms with E-state index in [1.165, 1.54) is 70.8 Å². The van der Waals surface area contributed by atoms with Gasteiger partial charge >= 0.3 is 5.97 Å². The van der Waals surface area contributed by atoms with Crippen molar-refractivity contribution in [3.63, 3.8) is 0 Å². The number of nitrogens with zero attached hydrogens (tertiary/aromatic N) is 1. The van der Waals surface area contributed by atoms with E-state index >= 15 is 0 Å². The lowest BCUT2D eigenvalue weighted by Crippen LogP contribution is -3.00. The van der Waals surface area contributed by atoms with E-state index in [1.807, 2.05) is 0 Å². The van der Waals surface area contributed by atoms with Crippen LogP contribution in [0, 0.1) is 0 Å². The minimum absolute atomic E-state index is 0. The van der Waals surface area contributed by atoms with Crippen LogP contribution in [0.15, 0.2) is 0 Å². The van der Waals surface area contributed by atoms with Gasteiger partial charge in [0.25, 0.3) is 0 Å². The van der Waals surface area contributed by atoms with E-state index in [0.717, 1.165) is 23.7 Å². The van der Waals surface area contributed by atoms with Gasteiger partial charge in [0.2, 0.25) is 0 Å². The standard InChI is InChI=1S/C21H44NO2.HI/c1-5-6-7-8-9-10-11-12-13-17-20-24-21(23)18-15-14-16-19-22(2,3)4;/h5-20H2,1-4H3;1H/q+1;/p-1. The number of esters is 1. The van der Waals surface area contributed by atoms with E-state index in [1.54, 1.807) is 0 Å². The topological polar surface area (TPSA) is 26.3 Å². The monoisotopic (exact) mass is 469 g/mol. The van der Waals surface area contributed by atoms with Gasteiger partial charge < -0.3 is 33.2 Å². The first-order valence-electron chi connectivity index (χ1n) is 10.4. The Morgan fingerprint density at radius 1 is 0.720 bits per heavy atom. The molecule has 0 aliphatic heterocycles. The fraction of sp³-hybridized carbons (Fsp3) is 0.952. The molecule has 0 amide bonds. The molecular formula is C21H44INO2. The number of hydrogen-bond acceptors (Lipinski definition) is 2. The minimum atomic E-state index is -0.00354. The predicted octanol–water partition coefficient (Wildman–Crippen LogP) is 2.72. The molecule has 0 aliphatic rings. The van der Waals surface area contributed by atoms with Crippen molar-refractivity contribution in [3.8, 4) is 0 Å². The molecule has 0 aromatic carbocycles. The van der Waals surface area contributed by atoms with Crippen LogP contribution in [0.2, 0.25) is 0 Å². The van der Waals surface area contributed by atoms with Crippen molar-refractivity contribution in [1.29, 1.82) is 0 Å². The Kier molecular flexibility index (Phi) is 20.7. The van der Waals surface area contributed by atoms with Crippen molar-refractivity contribution < 1.29 is 38.0 Å². The Morgan fingerprint density at radius 3 is 1.72 bits per heavy atom. The van der Waals surface area contributed by atoms with Gasteiger partial charge in [0.15, 0.2) is 0 Å². The van der Waals surface area contributed by atoms with Crippen molar-refractivity contribution >= 4 is 5.97 Å². The number of ether oxygens (including phenoxy) is 1. The number of carbonyl (C=O) groups is 1. The van der Waals surface area contributed by atoms with Crippen LogP contribution in [-0.4, -0.2) is 44.7 Å². The van der Waals surface area contributed by atoms with Crippen LogP contribution in [0.5, 0.6) is 0 Å². The Morgan fingerprint density at radius 2 is 1.20 bits per heavy atom. The number of quaternary nitrogens is 1. The third-order valence-electron chi connectivity index (χ3n) is 4.47. The Hall–Kier alpha value is 0.160. The van der Waals surface area contributed by atoms with Crippen molar-refractivity contribution in [1.82, 2.24) is 0 Å². The van der Waals surface area contributed by atoms with E-state index in [0.29, 0.717) is 13.0 Å². The Labute approximate surface area is 174 Å². The highest BCUT2D eigenvalue weighted by Crippen LogP contribution is 2.11. The molecule has 4 heteroatoms. The molecule has 0 radical (unpaired) electrons. The molecule has 0 aromatic rings. The van der Waals surface area contributed by atoms with Gasteiger partial charge in [-0.2, -0.15) is 0 Å². The van der Waals surface area contributed by atoms with Gasteiger partial charge in [-0.05, 0) is 25.7 Å². The molecule has 0 unspecified atom stereocenters. The molecule has 25 heavy (non-hydrogen) atoms. The van der Waals surface area contributed by atoms with Gasteiger partial charge in [0, 0.05) is 6.42 Å². The van der Waals surface area contributed by atoms with Crippen LogP contribution >= 0.6 is 0 Å². The number of carbonyl (C=O) groups excluding carboxylic acids is 1. The Balaban J connectivity index is 0. The second-order valence-corrected chi connectivity index (χ2v) is 8.23. The highest BCUT2D eigenvalue weighted by molar-refractivity contribution is 5.69. The lowest BCUT2D eigenvalue weighted by molar-refractivity contribution is -0.870. The third-order valence-corrected chi connectivity index (χ3v) is 4.47. The second kappa shape index (κ2) is 18.9. The van der Waals surface area contributed by atoms with Crippen LogP contribution in [0.3, 0.4) is 0 Å². The molecule has 0 aliphatic carbocycles. The maximum atomic E-state index is 11.6. The fourth-order valence-corrected chi connectivity index (χ4v) is 2.88. The normalized spacial score (nSPS) is 11.2. The zero-order chi connectivity index (χ0) is 18.1. The summed E-state index contributed by atoms with van der Waals surface area (Å²) in [5, 5.41) is 0. The summed E-state index contributed by atoms with van der Waals surface area (Å²) in [6.45, 7) is 4.06. The molecule has 152 valence electrons. The molecule has 0 N–H and O–H groups in total. The van der Waals surface area contributed by atoms with Crippen molar-refractivity contribution in [3.05, 3.63) is 0 Å². The Bertz CT molecular complexity index is 290. The molecule has 0 atom stereocenters. The average molecular weight is 469 g/mol. The lowest BCUT2D eigenvalue weighted by atomic mass is 10.1. The summed E-state index contributed by atoms with van der Waals surface area (Å²) in [6.07, 6.45) is 17.0. The summed E-state index contributed by atoms with van der Waals surface area (Å²) >= 11 is 0. The number of hydrogen-bond donors (Lipinski definition) is 0. The average Bonchev–Trinajstić information content (AvgIpc) is 2.51. The molecule has 0 bridgehead atoms. The summed E-state index contributed by atoms with van der Waals surface area (Å²) in [7, 11) is 6.63. The summed E-state index contributed by atoms with van der Waals surface area (Å²) in [6, 6.07) is 0. The van der Waals surface area contributed by atoms with Gasteiger partial charge in [0.05, 0.1) is 34.3 Å². The summed E-state index contributed by atoms with van der Waals surface area (Å²) in [5.41, 5.74) is 0. The molecule has 0 spiro atoms. The molecule has 0 saturated heterocycles. The van der Waals surface area contributed by atoms with Gasteiger partial charge in [-0.15, -0.1) is 0 Å². The van der Waals surface area contributed by atoms with E-state index in [9.17, 15) is 4.79 Å². The minimum Gasteiger partial charge on any atom is -1.00 e. The quantitative estimate of drug-likeness (QED) is 0.142. The first kappa shape index (κ1) is 27.4. The number of rotatable bonds is 17. The van der Waals surface area contributed by atoms with Gasteiger partial charge in [0.1, 0.15) is 0 Å². The third kappa shape index (κ3) is 24.2. The van der Waals surface area contributed by atoms with Gasteiger partial charge in [-0.3, -0.25) is 4.79 Å². The van der Waals surface area contributed by atoms with Crippen molar-refractivity contribution in [2.24, 2.45) is 0 Å². The van der Waals surface area contributed by atoms with Crippen molar-refractivity contribution in [2.75, 3.05) is 34.3 Å². The lowest BCUT2D eigenvalue weighted by Gasteiger charge is -2.23. The molecule has 0 heterocycles. The van der Waals surface area contributed by atoms with E-state index in [4.69, 9.17) is 4.74 Å². The molecular weight excluding hydrogens is 425 g/mol. The smallest absolute Gasteiger partial charge is 0.305 e. The van der Waals surface area contributed by atoms with Crippen molar-refractivity contribution in [2.45, 2.75) is 96.8 Å². The number of unbranched alkanes of at least 4 members (excludes halogenated alkanes) is 11. The summed E-state index contributed by atoms with van der Waals surface area (Å²) in [4.78, 5) is 11.6. The summed E-state index contributed by atoms with van der Waals surface area (Å²) < 4.78 is 6.32. The maximum absolute atomic E-state index is 11.6. The van der Waals surface area contributed by atoms with Gasteiger partial charge in [-0.25, -0.2) is 0 Å². The maximum Gasteiger partial charge on any atom is 0.305 e. The first-order valence-corrected chi connectivity index (χ1v) is 10.4. The fourth-order valence-electron chi connectivity index (χ4n) is 2.88. The largest absolute Gasteiger partial charge is 1.00 e. The van der Waals surface area contributed by atoms with Crippen LogP contribution in [0.25, 0.3) is 0 Å². The van der Waals surface area contributed by atoms with E-state index in [-0.39, 0.29) is 29.9 Å². The zero-order valence-electron chi connectivity index (χ0n) is 17.5. The zero-order valence-corrected chi connectivity index (χ0v) is 19.6. The van der Waals surface area contributed by atoms with Crippen LogP contribution in [-0.2, 0) is 9.53 Å². The molecule has 0 fully saturated rings. The molecule has 0 saturated carbocycles. The van der Waals surface area contributed by atoms with Crippen LogP contribution in [0.4, 0.5) is 0 Å². The van der Waals surface area contributed by atoms with E-state index < -0.39 is 0 Å². The van der Waals surface area contributed by atoms with Gasteiger partial charge in [-0.1, -0.05) is 64.7 Å². The molecule has 0 rings (SSSR count). The van der Waals surface area contributed by atoms with E-state index in [2.05, 4.69) is 28.1 Å². The second-order valence-electron chi connectivity index (χ2n) is 8.23. The SMILES string of the molecule is CCCCCCCCCCCCOC(=O)CCCCC[N+](C)(C)C.[I-]. The van der Waals surface area contributed by atoms with Crippen LogP contribution < -0.4 is 24.0 Å². The highest BCUT2D eigenvalue weighted by atomic mass is 127. The first-order chi connectivity index (χ1) is 11.5. The molecule has 0 aromatic heterocycles. The number of halogens is 1.